The molecule has 0 saturated heterocycles. The third-order valence-electron chi connectivity index (χ3n) is 5.86. The molecule has 0 amide bonds. The Morgan fingerprint density at radius 1 is 1.10 bits per heavy atom. The second-order valence-electron chi connectivity index (χ2n) is 8.18. The molecule has 4 N–H and O–H groups in total. The lowest BCUT2D eigenvalue weighted by Gasteiger charge is -2.13. The second kappa shape index (κ2) is 7.88. The van der Waals surface area contributed by atoms with Gasteiger partial charge in [-0.05, 0) is 69.3 Å². The monoisotopic (exact) mass is 403 g/mol. The molecule has 3 aromatic rings. The quantitative estimate of drug-likeness (QED) is 0.659. The van der Waals surface area contributed by atoms with E-state index < -0.39 is 0 Å². The average Bonchev–Trinajstić information content (AvgIpc) is 2.85. The molecule has 2 aromatic heterocycles. The van der Waals surface area contributed by atoms with Crippen LogP contribution in [-0.2, 0) is 20.0 Å². The standard InChI is InChI=1S/C24H29N5O/c1-16(25)6-9-21(26)17-10-12-29(24(30)13-17)18-7-8-19-20-15-27(2)11-4-5-22(20)28(3)23(19)14-18/h6-10,12-14H,4-5,11,15,25-26H2,1-3H3/b16-6-,21-9-. The van der Waals surface area contributed by atoms with Crippen LogP contribution < -0.4 is 17.0 Å². The molecule has 0 atom stereocenters. The molecule has 0 saturated carbocycles. The highest BCUT2D eigenvalue weighted by molar-refractivity contribution is 5.87. The molecule has 3 heterocycles. The fraction of sp³-hybridized carbons (Fsp3) is 0.292. The number of allylic oxidation sites excluding steroid dienone is 3. The summed E-state index contributed by atoms with van der Waals surface area (Å²) in [5.74, 6) is 0. The number of hydrogen-bond acceptors (Lipinski definition) is 4. The molecule has 1 aliphatic heterocycles. The van der Waals surface area contributed by atoms with Crippen molar-refractivity contribution in [1.29, 1.82) is 0 Å². The van der Waals surface area contributed by atoms with Crippen molar-refractivity contribution in [3.8, 4) is 5.69 Å². The SMILES string of the molecule is C/C(N)=C/C=C(\N)c1ccn(-c2ccc3c4c(n(C)c3c2)CCCN(C)C4)c(=O)c1. The highest BCUT2D eigenvalue weighted by atomic mass is 16.1. The molecule has 6 nitrogen and oxygen atoms in total. The molecule has 0 bridgehead atoms. The minimum absolute atomic E-state index is 0.118. The fourth-order valence-electron chi connectivity index (χ4n) is 4.26. The summed E-state index contributed by atoms with van der Waals surface area (Å²) in [6.45, 7) is 3.87. The zero-order valence-electron chi connectivity index (χ0n) is 17.9. The number of benzene rings is 1. The van der Waals surface area contributed by atoms with Crippen molar-refractivity contribution >= 4 is 16.6 Å². The van der Waals surface area contributed by atoms with Gasteiger partial charge in [0.15, 0.2) is 0 Å². The summed E-state index contributed by atoms with van der Waals surface area (Å²) in [6.07, 6.45) is 7.47. The van der Waals surface area contributed by atoms with Crippen LogP contribution in [0.4, 0.5) is 0 Å². The topological polar surface area (TPSA) is 82.2 Å². The molecule has 156 valence electrons. The normalized spacial score (nSPS) is 16.0. The van der Waals surface area contributed by atoms with Crippen molar-refractivity contribution < 1.29 is 0 Å². The lowest BCUT2D eigenvalue weighted by atomic mass is 10.1. The van der Waals surface area contributed by atoms with Crippen molar-refractivity contribution in [1.82, 2.24) is 14.0 Å². The zero-order chi connectivity index (χ0) is 21.4. The fourth-order valence-corrected chi connectivity index (χ4v) is 4.26. The molecule has 4 rings (SSSR count). The van der Waals surface area contributed by atoms with Gasteiger partial charge in [-0.1, -0.05) is 6.07 Å². The summed E-state index contributed by atoms with van der Waals surface area (Å²) in [4.78, 5) is 15.2. The maximum absolute atomic E-state index is 12.8. The average molecular weight is 404 g/mol. The van der Waals surface area contributed by atoms with Crippen molar-refractivity contribution in [2.45, 2.75) is 26.3 Å². The highest BCUT2D eigenvalue weighted by Gasteiger charge is 2.19. The van der Waals surface area contributed by atoms with E-state index >= 15 is 0 Å². The van der Waals surface area contributed by atoms with Crippen LogP contribution in [0, 0.1) is 0 Å². The summed E-state index contributed by atoms with van der Waals surface area (Å²) in [7, 11) is 4.30. The van der Waals surface area contributed by atoms with Crippen LogP contribution in [0.25, 0.3) is 22.3 Å². The Bertz CT molecular complexity index is 1220. The maximum atomic E-state index is 12.8. The summed E-state index contributed by atoms with van der Waals surface area (Å²) in [5, 5.41) is 1.27. The predicted octanol–water partition coefficient (Wildman–Crippen LogP) is 2.87. The number of hydrogen-bond donors (Lipinski definition) is 2. The summed E-state index contributed by atoms with van der Waals surface area (Å²) in [5.41, 5.74) is 18.3. The van der Waals surface area contributed by atoms with Gasteiger partial charge in [0.1, 0.15) is 0 Å². The van der Waals surface area contributed by atoms with Crippen molar-refractivity contribution in [2.24, 2.45) is 18.5 Å². The number of nitrogens with two attached hydrogens (primary N) is 2. The van der Waals surface area contributed by atoms with Crippen molar-refractivity contribution in [3.05, 3.63) is 81.6 Å². The van der Waals surface area contributed by atoms with Gasteiger partial charge in [-0.2, -0.15) is 0 Å². The van der Waals surface area contributed by atoms with E-state index in [1.165, 1.54) is 16.6 Å². The second-order valence-corrected chi connectivity index (χ2v) is 8.18. The van der Waals surface area contributed by atoms with Gasteiger partial charge in [0.25, 0.3) is 5.56 Å². The van der Waals surface area contributed by atoms with Crippen molar-refractivity contribution in [2.75, 3.05) is 13.6 Å². The first-order chi connectivity index (χ1) is 14.3. The number of pyridine rings is 1. The van der Waals surface area contributed by atoms with Gasteiger partial charge in [-0.25, -0.2) is 0 Å². The van der Waals surface area contributed by atoms with Crippen molar-refractivity contribution in [3.63, 3.8) is 0 Å². The van der Waals surface area contributed by atoms with E-state index in [9.17, 15) is 4.79 Å². The van der Waals surface area contributed by atoms with Gasteiger partial charge in [-0.15, -0.1) is 0 Å². The molecule has 1 aromatic carbocycles. The minimum atomic E-state index is -0.118. The smallest absolute Gasteiger partial charge is 0.255 e. The Morgan fingerprint density at radius 2 is 1.90 bits per heavy atom. The Morgan fingerprint density at radius 3 is 2.63 bits per heavy atom. The van der Waals surface area contributed by atoms with Crippen LogP contribution in [0.1, 0.15) is 30.2 Å². The van der Waals surface area contributed by atoms with Gasteiger partial charge in [0.2, 0.25) is 0 Å². The van der Waals surface area contributed by atoms with E-state index in [1.807, 2.05) is 12.1 Å². The van der Waals surface area contributed by atoms with Crippen LogP contribution in [0.2, 0.25) is 0 Å². The molecule has 0 radical (unpaired) electrons. The number of aromatic nitrogens is 2. The molecule has 0 unspecified atom stereocenters. The Labute approximate surface area is 176 Å². The van der Waals surface area contributed by atoms with Crippen LogP contribution >= 0.6 is 0 Å². The molecular formula is C24H29N5O. The first kappa shape index (κ1) is 20.0. The third kappa shape index (κ3) is 3.66. The molecule has 30 heavy (non-hydrogen) atoms. The summed E-state index contributed by atoms with van der Waals surface area (Å²) >= 11 is 0. The van der Waals surface area contributed by atoms with Crippen LogP contribution in [-0.4, -0.2) is 27.6 Å². The number of rotatable bonds is 3. The minimum Gasteiger partial charge on any atom is -0.402 e. The number of nitrogens with zero attached hydrogens (tertiary/aromatic N) is 3. The van der Waals surface area contributed by atoms with Crippen LogP contribution in [0.15, 0.2) is 59.2 Å². The van der Waals surface area contributed by atoms with Gasteiger partial charge < -0.3 is 20.9 Å². The van der Waals surface area contributed by atoms with Gasteiger partial charge >= 0.3 is 0 Å². The van der Waals surface area contributed by atoms with Crippen LogP contribution in [0.3, 0.4) is 0 Å². The van der Waals surface area contributed by atoms with Gasteiger partial charge in [0, 0.05) is 53.9 Å². The Balaban J connectivity index is 1.76. The van der Waals surface area contributed by atoms with Gasteiger partial charge in [0.05, 0.1) is 11.2 Å². The van der Waals surface area contributed by atoms with Crippen LogP contribution in [0.5, 0.6) is 0 Å². The molecule has 0 spiro atoms. The molecule has 0 fully saturated rings. The first-order valence-corrected chi connectivity index (χ1v) is 10.3. The zero-order valence-corrected chi connectivity index (χ0v) is 17.9. The Hall–Kier alpha value is -3.25. The van der Waals surface area contributed by atoms with E-state index in [1.54, 1.807) is 35.9 Å². The highest BCUT2D eigenvalue weighted by Crippen LogP contribution is 2.30. The Kier molecular flexibility index (Phi) is 5.26. The summed E-state index contributed by atoms with van der Waals surface area (Å²) in [6, 6.07) is 9.68. The first-order valence-electron chi connectivity index (χ1n) is 10.3. The van der Waals surface area contributed by atoms with E-state index in [0.717, 1.165) is 37.1 Å². The number of fused-ring (bicyclic) bond motifs is 3. The van der Waals surface area contributed by atoms with E-state index in [4.69, 9.17) is 11.5 Å². The molecule has 6 heteroatoms. The van der Waals surface area contributed by atoms with E-state index in [0.29, 0.717) is 17.0 Å². The van der Waals surface area contributed by atoms with Gasteiger partial charge in [-0.3, -0.25) is 9.36 Å². The lowest BCUT2D eigenvalue weighted by molar-refractivity contribution is 0.333. The maximum Gasteiger partial charge on any atom is 0.255 e. The number of aryl methyl sites for hydroxylation is 1. The van der Waals surface area contributed by atoms with E-state index in [2.05, 4.69) is 35.7 Å². The third-order valence-corrected chi connectivity index (χ3v) is 5.86. The predicted molar refractivity (Wildman–Crippen MR) is 123 cm³/mol. The molecule has 1 aliphatic rings. The summed E-state index contributed by atoms with van der Waals surface area (Å²) < 4.78 is 3.94. The molecular weight excluding hydrogens is 374 g/mol. The lowest BCUT2D eigenvalue weighted by Crippen LogP contribution is -2.18. The largest absolute Gasteiger partial charge is 0.402 e. The molecule has 0 aliphatic carbocycles. The van der Waals surface area contributed by atoms with E-state index in [-0.39, 0.29) is 5.56 Å².